The summed E-state index contributed by atoms with van der Waals surface area (Å²) in [5.74, 6) is 2.89. The fourth-order valence-corrected chi connectivity index (χ4v) is 2.11. The molecule has 5 heteroatoms. The van der Waals surface area contributed by atoms with Crippen molar-refractivity contribution in [2.45, 2.75) is 26.2 Å². The molecule has 3 nitrogen and oxygen atoms in total. The molecule has 0 aliphatic carbocycles. The van der Waals surface area contributed by atoms with Crippen molar-refractivity contribution < 1.29 is 13.6 Å². The maximum absolute atomic E-state index is 11.4. The van der Waals surface area contributed by atoms with Gasteiger partial charge in [-0.1, -0.05) is 19.3 Å². The molecule has 0 aliphatic heterocycles. The number of rotatable bonds is 5. The summed E-state index contributed by atoms with van der Waals surface area (Å²) in [6, 6.07) is 0. The fourth-order valence-electron chi connectivity index (χ4n) is 0.553. The van der Waals surface area contributed by atoms with E-state index in [-0.39, 0.29) is 0 Å². The standard InChI is InChI=1S/C8H15O3PS/c1-4-5-6-7-8-13-12(9,10-2)11-3/h4-6H2,1-3H3. The molecule has 0 N–H and O–H groups in total. The summed E-state index contributed by atoms with van der Waals surface area (Å²) in [5, 5.41) is 2.72. The zero-order valence-corrected chi connectivity index (χ0v) is 9.91. The Morgan fingerprint density at radius 1 is 1.38 bits per heavy atom. The van der Waals surface area contributed by atoms with Crippen molar-refractivity contribution in [2.75, 3.05) is 14.2 Å². The maximum atomic E-state index is 11.4. The van der Waals surface area contributed by atoms with Crippen LogP contribution in [0.4, 0.5) is 0 Å². The van der Waals surface area contributed by atoms with Crippen LogP contribution in [0.25, 0.3) is 0 Å². The highest BCUT2D eigenvalue weighted by atomic mass is 32.7. The molecule has 0 aliphatic rings. The lowest BCUT2D eigenvalue weighted by Crippen LogP contribution is -1.80. The molecule has 13 heavy (non-hydrogen) atoms. The highest BCUT2D eigenvalue weighted by Gasteiger charge is 2.20. The van der Waals surface area contributed by atoms with Gasteiger partial charge in [0.25, 0.3) is 0 Å². The highest BCUT2D eigenvalue weighted by molar-refractivity contribution is 8.57. The number of hydrogen-bond donors (Lipinski definition) is 0. The van der Waals surface area contributed by atoms with Crippen LogP contribution in [0.2, 0.25) is 0 Å². The molecule has 0 saturated heterocycles. The van der Waals surface area contributed by atoms with Crippen LogP contribution in [0.5, 0.6) is 0 Å². The van der Waals surface area contributed by atoms with Gasteiger partial charge in [0.15, 0.2) is 0 Å². The van der Waals surface area contributed by atoms with Gasteiger partial charge in [-0.05, 0) is 11.7 Å². The Bertz CT molecular complexity index is 223. The first-order chi connectivity index (χ1) is 6.18. The van der Waals surface area contributed by atoms with Gasteiger partial charge in [-0.3, -0.25) is 0 Å². The highest BCUT2D eigenvalue weighted by Crippen LogP contribution is 2.58. The van der Waals surface area contributed by atoms with Crippen LogP contribution in [0.3, 0.4) is 0 Å². The summed E-state index contributed by atoms with van der Waals surface area (Å²) in [7, 11) is 2.70. The molecule has 0 rings (SSSR count). The van der Waals surface area contributed by atoms with Gasteiger partial charge in [-0.15, -0.1) is 0 Å². The lowest BCUT2D eigenvalue weighted by atomic mass is 10.3. The normalized spacial score (nSPS) is 10.7. The Kier molecular flexibility index (Phi) is 7.50. The molecular formula is C8H15O3PS. The summed E-state index contributed by atoms with van der Waals surface area (Å²) in [4.78, 5) is 0. The van der Waals surface area contributed by atoms with E-state index in [9.17, 15) is 4.57 Å². The third-order valence-corrected chi connectivity index (χ3v) is 4.52. The topological polar surface area (TPSA) is 35.5 Å². The number of hydrogen-bond acceptors (Lipinski definition) is 4. The SMILES string of the molecule is CCCCC#CSP(=O)(OC)OC. The lowest BCUT2D eigenvalue weighted by Gasteiger charge is -2.07. The first-order valence-corrected chi connectivity index (χ1v) is 7.03. The van der Waals surface area contributed by atoms with E-state index in [1.54, 1.807) is 0 Å². The van der Waals surface area contributed by atoms with Crippen LogP contribution in [-0.2, 0) is 13.6 Å². The van der Waals surface area contributed by atoms with Crippen LogP contribution in [0, 0.1) is 11.2 Å². The van der Waals surface area contributed by atoms with Crippen LogP contribution < -0.4 is 0 Å². The van der Waals surface area contributed by atoms with Crippen molar-refractivity contribution in [3.63, 3.8) is 0 Å². The molecule has 0 fully saturated rings. The monoisotopic (exact) mass is 222 g/mol. The van der Waals surface area contributed by atoms with E-state index in [4.69, 9.17) is 0 Å². The average Bonchev–Trinajstić information content (AvgIpc) is 2.17. The van der Waals surface area contributed by atoms with E-state index in [1.807, 2.05) is 0 Å². The average molecular weight is 222 g/mol. The van der Waals surface area contributed by atoms with Gasteiger partial charge in [-0.25, -0.2) is 4.57 Å². The maximum Gasteiger partial charge on any atom is 0.400 e. The molecule has 0 aromatic rings. The summed E-state index contributed by atoms with van der Waals surface area (Å²) < 4.78 is 20.8. The molecule has 0 aromatic heterocycles. The third-order valence-electron chi connectivity index (χ3n) is 1.33. The first-order valence-electron chi connectivity index (χ1n) is 4.06. The molecule has 0 saturated carbocycles. The van der Waals surface area contributed by atoms with E-state index in [1.165, 1.54) is 14.2 Å². The van der Waals surface area contributed by atoms with Crippen LogP contribution in [0.15, 0.2) is 0 Å². The zero-order chi connectivity index (χ0) is 10.2. The zero-order valence-electron chi connectivity index (χ0n) is 8.20. The third kappa shape index (κ3) is 6.17. The minimum atomic E-state index is -2.99. The van der Waals surface area contributed by atoms with Gasteiger partial charge in [0.1, 0.15) is 0 Å². The molecule has 76 valence electrons. The smallest absolute Gasteiger partial charge is 0.303 e. The van der Waals surface area contributed by atoms with Crippen molar-refractivity contribution in [2.24, 2.45) is 0 Å². The van der Waals surface area contributed by atoms with Crippen molar-refractivity contribution in [1.82, 2.24) is 0 Å². The van der Waals surface area contributed by atoms with E-state index in [0.717, 1.165) is 30.6 Å². The molecule has 0 heterocycles. The Balaban J connectivity index is 3.82. The summed E-state index contributed by atoms with van der Waals surface area (Å²) in [6.07, 6.45) is 3.01. The minimum Gasteiger partial charge on any atom is -0.303 e. The van der Waals surface area contributed by atoms with Crippen molar-refractivity contribution in [3.8, 4) is 11.2 Å². The van der Waals surface area contributed by atoms with Gasteiger partial charge >= 0.3 is 6.80 Å². The Labute approximate surface area is 83.9 Å². The summed E-state index contributed by atoms with van der Waals surface area (Å²) in [6.45, 7) is -0.886. The van der Waals surface area contributed by atoms with Gasteiger partial charge in [0.05, 0.1) is 0 Å². The lowest BCUT2D eigenvalue weighted by molar-refractivity contribution is 0.295. The molecule has 0 spiro atoms. The van der Waals surface area contributed by atoms with E-state index >= 15 is 0 Å². The van der Waals surface area contributed by atoms with Gasteiger partial charge in [-0.2, -0.15) is 0 Å². The molecule has 0 aromatic carbocycles. The van der Waals surface area contributed by atoms with Crippen LogP contribution >= 0.6 is 18.2 Å². The summed E-state index contributed by atoms with van der Waals surface area (Å²) in [5.41, 5.74) is 0. The van der Waals surface area contributed by atoms with Crippen molar-refractivity contribution in [3.05, 3.63) is 0 Å². The molecule has 0 unspecified atom stereocenters. The van der Waals surface area contributed by atoms with Gasteiger partial charge in [0.2, 0.25) is 0 Å². The molecule has 0 bridgehead atoms. The molecular weight excluding hydrogens is 207 g/mol. The number of unbranched alkanes of at least 4 members (excludes halogenated alkanes) is 2. The molecule has 0 atom stereocenters. The van der Waals surface area contributed by atoms with Crippen molar-refractivity contribution in [1.29, 1.82) is 0 Å². The second kappa shape index (κ2) is 7.46. The van der Waals surface area contributed by atoms with Crippen LogP contribution in [0.1, 0.15) is 26.2 Å². The Morgan fingerprint density at radius 2 is 2.00 bits per heavy atom. The largest absolute Gasteiger partial charge is 0.400 e. The molecule has 0 radical (unpaired) electrons. The fraction of sp³-hybridized carbons (Fsp3) is 0.750. The van der Waals surface area contributed by atoms with E-state index in [2.05, 4.69) is 27.1 Å². The predicted molar refractivity (Wildman–Crippen MR) is 56.5 cm³/mol. The Hall–Kier alpha value is 0.0600. The first kappa shape index (κ1) is 13.1. The minimum absolute atomic E-state index is 0.830. The van der Waals surface area contributed by atoms with E-state index in [0.29, 0.717) is 0 Å². The van der Waals surface area contributed by atoms with E-state index < -0.39 is 6.80 Å². The quantitative estimate of drug-likeness (QED) is 0.406. The van der Waals surface area contributed by atoms with Crippen molar-refractivity contribution >= 4 is 18.2 Å². The Morgan fingerprint density at radius 3 is 2.46 bits per heavy atom. The summed E-state index contributed by atoms with van der Waals surface area (Å²) >= 11 is 0.924. The second-order valence-corrected chi connectivity index (χ2v) is 6.19. The molecule has 0 amide bonds. The van der Waals surface area contributed by atoms with Gasteiger partial charge in [0, 0.05) is 32.0 Å². The van der Waals surface area contributed by atoms with Crippen LogP contribution in [-0.4, -0.2) is 14.2 Å². The van der Waals surface area contributed by atoms with Gasteiger partial charge < -0.3 is 9.05 Å². The second-order valence-electron chi connectivity index (χ2n) is 2.29. The predicted octanol–water partition coefficient (Wildman–Crippen LogP) is 3.27.